The van der Waals surface area contributed by atoms with Crippen molar-refractivity contribution in [1.82, 2.24) is 0 Å². The normalized spacial score (nSPS) is 15.0. The topological polar surface area (TPSA) is 55.2 Å². The highest BCUT2D eigenvalue weighted by molar-refractivity contribution is 6.30. The molecule has 0 amide bonds. The lowest BCUT2D eigenvalue weighted by molar-refractivity contribution is -0.383. The molecule has 1 aromatic carbocycles. The van der Waals surface area contributed by atoms with Gasteiger partial charge in [-0.3, -0.25) is 10.1 Å². The highest BCUT2D eigenvalue weighted by atomic mass is 35.5. The van der Waals surface area contributed by atoms with E-state index in [9.17, 15) is 10.1 Å². The maximum atomic E-state index is 10.7. The summed E-state index contributed by atoms with van der Waals surface area (Å²) >= 11 is 5.70. The van der Waals surface area contributed by atoms with Crippen LogP contribution in [0.25, 0.3) is 0 Å². The lowest BCUT2D eigenvalue weighted by Crippen LogP contribution is -2.05. The van der Waals surface area contributed by atoms with E-state index in [1.165, 1.54) is 18.9 Å². The molecule has 0 saturated heterocycles. The lowest BCUT2D eigenvalue weighted by atomic mass is 10.2. The summed E-state index contributed by atoms with van der Waals surface area (Å²) in [7, 11) is 0. The standard InChI is InChI=1S/C10H11ClN2O2/c11-8-3-4-9(10(5-8)13(14)15)12-6-7-1-2-7/h3-5,7,12H,1-2,6H2. The fourth-order valence-corrected chi connectivity index (χ4v) is 1.55. The summed E-state index contributed by atoms with van der Waals surface area (Å²) < 4.78 is 0. The van der Waals surface area contributed by atoms with Crippen LogP contribution < -0.4 is 5.32 Å². The van der Waals surface area contributed by atoms with Gasteiger partial charge in [0, 0.05) is 17.6 Å². The SMILES string of the molecule is O=[N+]([O-])c1cc(Cl)ccc1NCC1CC1. The largest absolute Gasteiger partial charge is 0.379 e. The summed E-state index contributed by atoms with van der Waals surface area (Å²) in [5.74, 6) is 0.681. The molecule has 0 heterocycles. The summed E-state index contributed by atoms with van der Waals surface area (Å²) in [6.07, 6.45) is 2.43. The molecule has 0 radical (unpaired) electrons. The average molecular weight is 227 g/mol. The fraction of sp³-hybridized carbons (Fsp3) is 0.400. The van der Waals surface area contributed by atoms with Crippen molar-refractivity contribution < 1.29 is 4.92 Å². The first-order chi connectivity index (χ1) is 7.16. The molecule has 1 aromatic rings. The highest BCUT2D eigenvalue weighted by Gasteiger charge is 2.22. The Kier molecular flexibility index (Phi) is 2.77. The number of benzene rings is 1. The van der Waals surface area contributed by atoms with Gasteiger partial charge in [0.1, 0.15) is 5.69 Å². The van der Waals surface area contributed by atoms with E-state index >= 15 is 0 Å². The van der Waals surface area contributed by atoms with Crippen LogP contribution in [-0.2, 0) is 0 Å². The number of hydrogen-bond donors (Lipinski definition) is 1. The number of hydrogen-bond acceptors (Lipinski definition) is 3. The third-order valence-electron chi connectivity index (χ3n) is 2.43. The van der Waals surface area contributed by atoms with Crippen molar-refractivity contribution in [3.63, 3.8) is 0 Å². The monoisotopic (exact) mass is 226 g/mol. The van der Waals surface area contributed by atoms with Crippen molar-refractivity contribution in [1.29, 1.82) is 0 Å². The van der Waals surface area contributed by atoms with E-state index in [0.717, 1.165) is 6.54 Å². The molecule has 1 aliphatic carbocycles. The molecular formula is C10H11ClN2O2. The van der Waals surface area contributed by atoms with Crippen LogP contribution in [0.15, 0.2) is 18.2 Å². The fourth-order valence-electron chi connectivity index (χ4n) is 1.38. The van der Waals surface area contributed by atoms with Crippen LogP contribution in [0.3, 0.4) is 0 Å². The molecule has 80 valence electrons. The van der Waals surface area contributed by atoms with Crippen molar-refractivity contribution in [2.75, 3.05) is 11.9 Å². The summed E-state index contributed by atoms with van der Waals surface area (Å²) in [4.78, 5) is 10.3. The zero-order valence-electron chi connectivity index (χ0n) is 8.07. The Morgan fingerprint density at radius 3 is 2.87 bits per heavy atom. The minimum Gasteiger partial charge on any atom is -0.379 e. The number of nitro benzene ring substituents is 1. The molecular weight excluding hydrogens is 216 g/mol. The number of nitrogens with one attached hydrogen (secondary N) is 1. The van der Waals surface area contributed by atoms with Crippen LogP contribution in [0.4, 0.5) is 11.4 Å². The summed E-state index contributed by atoms with van der Waals surface area (Å²) in [5.41, 5.74) is 0.597. The van der Waals surface area contributed by atoms with Gasteiger partial charge in [0.25, 0.3) is 5.69 Å². The van der Waals surface area contributed by atoms with E-state index in [-0.39, 0.29) is 5.69 Å². The minimum atomic E-state index is -0.416. The molecule has 0 aromatic heterocycles. The number of anilines is 1. The Morgan fingerprint density at radius 1 is 1.53 bits per heavy atom. The Labute approximate surface area is 92.4 Å². The Morgan fingerprint density at radius 2 is 2.27 bits per heavy atom. The van der Waals surface area contributed by atoms with Crippen molar-refractivity contribution in [3.05, 3.63) is 33.3 Å². The summed E-state index contributed by atoms with van der Waals surface area (Å²) in [6, 6.07) is 4.68. The molecule has 1 saturated carbocycles. The molecule has 4 nitrogen and oxygen atoms in total. The predicted octanol–water partition coefficient (Wildman–Crippen LogP) is 3.07. The molecule has 2 rings (SSSR count). The highest BCUT2D eigenvalue weighted by Crippen LogP contribution is 2.32. The molecule has 0 bridgehead atoms. The van der Waals surface area contributed by atoms with Crippen molar-refractivity contribution in [2.24, 2.45) is 5.92 Å². The predicted molar refractivity (Wildman–Crippen MR) is 59.3 cm³/mol. The number of nitro groups is 1. The van der Waals surface area contributed by atoms with Crippen LogP contribution >= 0.6 is 11.6 Å². The second-order valence-electron chi connectivity index (χ2n) is 3.74. The van der Waals surface area contributed by atoms with Gasteiger partial charge in [-0.1, -0.05) is 11.6 Å². The number of rotatable bonds is 4. The maximum Gasteiger partial charge on any atom is 0.293 e. The second kappa shape index (κ2) is 4.06. The smallest absolute Gasteiger partial charge is 0.293 e. The van der Waals surface area contributed by atoms with Gasteiger partial charge in [0.15, 0.2) is 0 Å². The van der Waals surface area contributed by atoms with Gasteiger partial charge in [-0.2, -0.15) is 0 Å². The lowest BCUT2D eigenvalue weighted by Gasteiger charge is -2.05. The van der Waals surface area contributed by atoms with Crippen LogP contribution in [0, 0.1) is 16.0 Å². The van der Waals surface area contributed by atoms with Gasteiger partial charge in [-0.05, 0) is 30.9 Å². The first-order valence-electron chi connectivity index (χ1n) is 4.84. The van der Waals surface area contributed by atoms with E-state index < -0.39 is 4.92 Å². The molecule has 5 heteroatoms. The first kappa shape index (κ1) is 10.2. The van der Waals surface area contributed by atoms with E-state index in [0.29, 0.717) is 16.6 Å². The Balaban J connectivity index is 2.15. The Bertz CT molecular complexity index is 391. The van der Waals surface area contributed by atoms with E-state index in [1.54, 1.807) is 12.1 Å². The molecule has 0 unspecified atom stereocenters. The summed E-state index contributed by atoms with van der Waals surface area (Å²) in [6.45, 7) is 0.808. The third-order valence-corrected chi connectivity index (χ3v) is 2.67. The molecule has 0 atom stereocenters. The van der Waals surface area contributed by atoms with Crippen LogP contribution in [0.1, 0.15) is 12.8 Å². The van der Waals surface area contributed by atoms with E-state index in [1.807, 2.05) is 0 Å². The van der Waals surface area contributed by atoms with Gasteiger partial charge in [-0.15, -0.1) is 0 Å². The Hall–Kier alpha value is -1.29. The molecule has 0 aliphatic heterocycles. The number of halogens is 1. The molecule has 0 spiro atoms. The molecule has 15 heavy (non-hydrogen) atoms. The van der Waals surface area contributed by atoms with Gasteiger partial charge >= 0.3 is 0 Å². The second-order valence-corrected chi connectivity index (χ2v) is 4.18. The van der Waals surface area contributed by atoms with Crippen LogP contribution in [0.5, 0.6) is 0 Å². The van der Waals surface area contributed by atoms with E-state index in [4.69, 9.17) is 11.6 Å². The molecule has 1 N–H and O–H groups in total. The molecule has 1 aliphatic rings. The van der Waals surface area contributed by atoms with Crippen LogP contribution in [-0.4, -0.2) is 11.5 Å². The van der Waals surface area contributed by atoms with Gasteiger partial charge < -0.3 is 5.32 Å². The zero-order chi connectivity index (χ0) is 10.8. The van der Waals surface area contributed by atoms with Gasteiger partial charge in [0.05, 0.1) is 4.92 Å². The third kappa shape index (κ3) is 2.59. The van der Waals surface area contributed by atoms with Crippen molar-refractivity contribution in [2.45, 2.75) is 12.8 Å². The average Bonchev–Trinajstić information content (AvgIpc) is 2.99. The van der Waals surface area contributed by atoms with Gasteiger partial charge in [-0.25, -0.2) is 0 Å². The minimum absolute atomic E-state index is 0.0446. The summed E-state index contributed by atoms with van der Waals surface area (Å²) in [5, 5.41) is 14.2. The zero-order valence-corrected chi connectivity index (χ0v) is 8.83. The first-order valence-corrected chi connectivity index (χ1v) is 5.22. The van der Waals surface area contributed by atoms with E-state index in [2.05, 4.69) is 5.32 Å². The van der Waals surface area contributed by atoms with Crippen LogP contribution in [0.2, 0.25) is 5.02 Å². The van der Waals surface area contributed by atoms with Crippen molar-refractivity contribution >= 4 is 23.0 Å². The quantitative estimate of drug-likeness (QED) is 0.634. The maximum absolute atomic E-state index is 10.7. The number of nitrogens with zero attached hydrogens (tertiary/aromatic N) is 1. The van der Waals surface area contributed by atoms with Gasteiger partial charge in [0.2, 0.25) is 0 Å². The molecule has 1 fully saturated rings. The van der Waals surface area contributed by atoms with Crippen molar-refractivity contribution in [3.8, 4) is 0 Å².